The van der Waals surface area contributed by atoms with Gasteiger partial charge >= 0.3 is 0 Å². The third-order valence-electron chi connectivity index (χ3n) is 5.24. The largest absolute Gasteiger partial charge is 0.507 e. The van der Waals surface area contributed by atoms with Gasteiger partial charge in [-0.2, -0.15) is 0 Å². The first-order chi connectivity index (χ1) is 14.7. The van der Waals surface area contributed by atoms with E-state index >= 15 is 0 Å². The molecule has 0 saturated carbocycles. The molecule has 5 heteroatoms. The van der Waals surface area contributed by atoms with E-state index in [0.29, 0.717) is 12.0 Å². The van der Waals surface area contributed by atoms with E-state index in [4.69, 9.17) is 4.42 Å². The SMILES string of the molecule is CC(C)=CCC/C(C)=C/Cc1c(O)cc2oc(-c3ccc(C)cc3O)cc(=O)c2c1O. The number of aryl methyl sites for hydroxylation is 1. The second-order valence-electron chi connectivity index (χ2n) is 8.17. The molecule has 2 aromatic carbocycles. The molecule has 0 amide bonds. The number of hydrogen-bond acceptors (Lipinski definition) is 5. The second kappa shape index (κ2) is 9.13. The molecule has 0 unspecified atom stereocenters. The molecule has 3 N–H and O–H groups in total. The number of phenols is 3. The van der Waals surface area contributed by atoms with Gasteiger partial charge in [-0.25, -0.2) is 0 Å². The molecule has 0 bridgehead atoms. The molecule has 0 spiro atoms. The van der Waals surface area contributed by atoms with Crippen LogP contribution in [0.4, 0.5) is 0 Å². The summed E-state index contributed by atoms with van der Waals surface area (Å²) in [7, 11) is 0. The molecule has 0 atom stereocenters. The average molecular weight is 421 g/mol. The fraction of sp³-hybridized carbons (Fsp3) is 0.269. The van der Waals surface area contributed by atoms with Gasteiger partial charge in [-0.15, -0.1) is 0 Å². The van der Waals surface area contributed by atoms with Gasteiger partial charge in [0.05, 0.1) is 5.56 Å². The summed E-state index contributed by atoms with van der Waals surface area (Å²) in [5.41, 5.74) is 3.53. The van der Waals surface area contributed by atoms with Crippen LogP contribution in [0.5, 0.6) is 17.2 Å². The van der Waals surface area contributed by atoms with Crippen molar-refractivity contribution in [3.05, 3.63) is 75.0 Å². The molecular weight excluding hydrogens is 392 g/mol. The van der Waals surface area contributed by atoms with Crippen LogP contribution >= 0.6 is 0 Å². The van der Waals surface area contributed by atoms with Crippen LogP contribution < -0.4 is 5.43 Å². The number of phenolic OH excluding ortho intramolecular Hbond substituents is 3. The summed E-state index contributed by atoms with van der Waals surface area (Å²) >= 11 is 0. The van der Waals surface area contributed by atoms with Crippen LogP contribution in [0.3, 0.4) is 0 Å². The third kappa shape index (κ3) is 5.00. The fourth-order valence-corrected chi connectivity index (χ4v) is 3.48. The first kappa shape index (κ1) is 22.2. The molecule has 0 saturated heterocycles. The standard InChI is InChI=1S/C26H28O5/c1-15(2)6-5-7-16(3)8-11-19-21(28)13-24-25(26(19)30)22(29)14-23(31-24)18-10-9-17(4)12-20(18)27/h6,8-10,12-14,27-28,30H,5,7,11H2,1-4H3/b16-8+. The van der Waals surface area contributed by atoms with Gasteiger partial charge in [0.15, 0.2) is 5.43 Å². The summed E-state index contributed by atoms with van der Waals surface area (Å²) in [6.07, 6.45) is 6.22. The Balaban J connectivity index is 1.99. The van der Waals surface area contributed by atoms with Crippen LogP contribution in [0.2, 0.25) is 0 Å². The van der Waals surface area contributed by atoms with Crippen molar-refractivity contribution in [2.75, 3.05) is 0 Å². The Labute approximate surface area is 181 Å². The van der Waals surface area contributed by atoms with E-state index in [-0.39, 0.29) is 39.5 Å². The normalized spacial score (nSPS) is 11.7. The summed E-state index contributed by atoms with van der Waals surface area (Å²) in [5, 5.41) is 31.4. The zero-order chi connectivity index (χ0) is 22.7. The van der Waals surface area contributed by atoms with Crippen LogP contribution in [0.1, 0.15) is 44.7 Å². The molecule has 3 aromatic rings. The molecule has 0 aliphatic carbocycles. The van der Waals surface area contributed by atoms with Crippen molar-refractivity contribution >= 4 is 11.0 Å². The maximum atomic E-state index is 12.8. The van der Waals surface area contributed by atoms with Crippen LogP contribution in [0, 0.1) is 6.92 Å². The van der Waals surface area contributed by atoms with Crippen LogP contribution in [-0.4, -0.2) is 15.3 Å². The number of aromatic hydroxyl groups is 3. The van der Waals surface area contributed by atoms with Gasteiger partial charge in [0.25, 0.3) is 0 Å². The van der Waals surface area contributed by atoms with E-state index in [1.165, 1.54) is 17.7 Å². The zero-order valence-electron chi connectivity index (χ0n) is 18.3. The number of hydrogen-bond donors (Lipinski definition) is 3. The Hall–Kier alpha value is -3.47. The summed E-state index contributed by atoms with van der Waals surface area (Å²) < 4.78 is 5.77. The summed E-state index contributed by atoms with van der Waals surface area (Å²) in [4.78, 5) is 12.8. The number of rotatable bonds is 6. The van der Waals surface area contributed by atoms with Gasteiger partial charge in [-0.1, -0.05) is 29.4 Å². The quantitative estimate of drug-likeness (QED) is 0.418. The summed E-state index contributed by atoms with van der Waals surface area (Å²) in [6, 6.07) is 7.61. The zero-order valence-corrected chi connectivity index (χ0v) is 18.3. The predicted octanol–water partition coefficient (Wildman–Crippen LogP) is 6.12. The van der Waals surface area contributed by atoms with Crippen LogP contribution in [-0.2, 0) is 6.42 Å². The highest BCUT2D eigenvalue weighted by Gasteiger charge is 2.18. The maximum absolute atomic E-state index is 12.8. The van der Waals surface area contributed by atoms with E-state index < -0.39 is 5.43 Å². The molecule has 3 rings (SSSR count). The van der Waals surface area contributed by atoms with Gasteiger partial charge in [0, 0.05) is 17.7 Å². The van der Waals surface area contributed by atoms with Crippen molar-refractivity contribution in [1.29, 1.82) is 0 Å². The summed E-state index contributed by atoms with van der Waals surface area (Å²) in [5.74, 6) is -0.276. The van der Waals surface area contributed by atoms with E-state index in [2.05, 4.69) is 19.9 Å². The summed E-state index contributed by atoms with van der Waals surface area (Å²) in [6.45, 7) is 7.96. The van der Waals surface area contributed by atoms with Gasteiger partial charge < -0.3 is 19.7 Å². The highest BCUT2D eigenvalue weighted by Crippen LogP contribution is 2.37. The lowest BCUT2D eigenvalue weighted by atomic mass is 10.0. The Kier molecular flexibility index (Phi) is 6.54. The lowest BCUT2D eigenvalue weighted by Crippen LogP contribution is -2.02. The van der Waals surface area contributed by atoms with E-state index in [1.807, 2.05) is 19.9 Å². The first-order valence-electron chi connectivity index (χ1n) is 10.3. The van der Waals surface area contributed by atoms with Gasteiger partial charge in [-0.05, 0) is 64.7 Å². The van der Waals surface area contributed by atoms with Gasteiger partial charge in [-0.3, -0.25) is 4.79 Å². The Morgan fingerprint density at radius 2 is 1.74 bits per heavy atom. The number of fused-ring (bicyclic) bond motifs is 1. The minimum atomic E-state index is -0.445. The number of allylic oxidation sites excluding steroid dienone is 4. The molecule has 1 aromatic heterocycles. The average Bonchev–Trinajstić information content (AvgIpc) is 2.66. The number of benzene rings is 2. The molecule has 31 heavy (non-hydrogen) atoms. The first-order valence-corrected chi connectivity index (χ1v) is 10.3. The molecule has 0 aliphatic rings. The van der Waals surface area contributed by atoms with Crippen LogP contribution in [0.15, 0.2) is 62.8 Å². The molecule has 0 aliphatic heterocycles. The molecule has 0 fully saturated rings. The minimum Gasteiger partial charge on any atom is -0.507 e. The second-order valence-corrected chi connectivity index (χ2v) is 8.17. The van der Waals surface area contributed by atoms with Crippen molar-refractivity contribution in [3.63, 3.8) is 0 Å². The van der Waals surface area contributed by atoms with Crippen molar-refractivity contribution in [3.8, 4) is 28.6 Å². The highest BCUT2D eigenvalue weighted by molar-refractivity contribution is 5.88. The third-order valence-corrected chi connectivity index (χ3v) is 5.24. The molecule has 162 valence electrons. The van der Waals surface area contributed by atoms with Crippen molar-refractivity contribution in [1.82, 2.24) is 0 Å². The molecule has 0 radical (unpaired) electrons. The maximum Gasteiger partial charge on any atom is 0.197 e. The van der Waals surface area contributed by atoms with Crippen molar-refractivity contribution in [2.24, 2.45) is 0 Å². The molecule has 1 heterocycles. The highest BCUT2D eigenvalue weighted by atomic mass is 16.3. The Morgan fingerprint density at radius 3 is 2.42 bits per heavy atom. The lowest BCUT2D eigenvalue weighted by Gasteiger charge is -2.11. The van der Waals surface area contributed by atoms with E-state index in [0.717, 1.165) is 24.0 Å². The van der Waals surface area contributed by atoms with Crippen molar-refractivity contribution < 1.29 is 19.7 Å². The van der Waals surface area contributed by atoms with Gasteiger partial charge in [0.2, 0.25) is 0 Å². The molecular formula is C26H28O5. The monoisotopic (exact) mass is 420 g/mol. The van der Waals surface area contributed by atoms with Gasteiger partial charge in [0.1, 0.15) is 34.0 Å². The fourth-order valence-electron chi connectivity index (χ4n) is 3.48. The Bertz CT molecular complexity index is 1240. The smallest absolute Gasteiger partial charge is 0.197 e. The van der Waals surface area contributed by atoms with E-state index in [9.17, 15) is 20.1 Å². The Morgan fingerprint density at radius 1 is 1.00 bits per heavy atom. The van der Waals surface area contributed by atoms with E-state index in [1.54, 1.807) is 18.2 Å². The minimum absolute atomic E-state index is 0.0127. The van der Waals surface area contributed by atoms with Crippen molar-refractivity contribution in [2.45, 2.75) is 47.0 Å². The van der Waals surface area contributed by atoms with Crippen LogP contribution in [0.25, 0.3) is 22.3 Å². The topological polar surface area (TPSA) is 90.9 Å². The lowest BCUT2D eigenvalue weighted by molar-refractivity contribution is 0.442. The predicted molar refractivity (Wildman–Crippen MR) is 124 cm³/mol. The molecule has 5 nitrogen and oxygen atoms in total.